The Labute approximate surface area is 138 Å². The van der Waals surface area contributed by atoms with Crippen molar-refractivity contribution in [2.24, 2.45) is 4.99 Å². The fraction of sp³-hybridized carbons (Fsp3) is 0.923. The van der Waals surface area contributed by atoms with Gasteiger partial charge in [0.15, 0.2) is 5.96 Å². The quantitative estimate of drug-likeness (QED) is 0.297. The van der Waals surface area contributed by atoms with Gasteiger partial charge in [-0.1, -0.05) is 13.3 Å². The molecule has 0 aromatic rings. The zero-order valence-electron chi connectivity index (χ0n) is 12.9. The molecule has 19 heavy (non-hydrogen) atoms. The molecule has 0 bridgehead atoms. The van der Waals surface area contributed by atoms with E-state index in [0.717, 1.165) is 31.9 Å². The van der Waals surface area contributed by atoms with Crippen LogP contribution in [0.1, 0.15) is 47.5 Å². The Kier molecular flexibility index (Phi) is 13.5. The molecule has 0 saturated heterocycles. The molecular weight excluding hydrogens is 373 g/mol. The van der Waals surface area contributed by atoms with Crippen LogP contribution in [0.3, 0.4) is 0 Å². The second-order valence-electron chi connectivity index (χ2n) is 5.20. The van der Waals surface area contributed by atoms with Crippen LogP contribution >= 0.6 is 24.0 Å². The summed E-state index contributed by atoms with van der Waals surface area (Å²) in [6.07, 6.45) is 2.25. The summed E-state index contributed by atoms with van der Waals surface area (Å²) in [7, 11) is -0.810. The smallest absolute Gasteiger partial charge is 0.191 e. The van der Waals surface area contributed by atoms with Crippen molar-refractivity contribution in [2.45, 2.75) is 52.2 Å². The van der Waals surface area contributed by atoms with Gasteiger partial charge in [-0.15, -0.1) is 24.0 Å². The van der Waals surface area contributed by atoms with Crippen LogP contribution in [0.15, 0.2) is 4.99 Å². The molecule has 0 aromatic heterocycles. The first-order valence-corrected chi connectivity index (χ1v) is 8.14. The number of unbranched alkanes of at least 4 members (excludes halogenated alkanes) is 1. The first-order valence-electron chi connectivity index (χ1n) is 6.82. The van der Waals surface area contributed by atoms with Crippen molar-refractivity contribution >= 4 is 40.7 Å². The van der Waals surface area contributed by atoms with Gasteiger partial charge in [0.25, 0.3) is 0 Å². The monoisotopic (exact) mass is 403 g/mol. The van der Waals surface area contributed by atoms with Gasteiger partial charge in [-0.2, -0.15) is 0 Å². The lowest BCUT2D eigenvalue weighted by Gasteiger charge is -2.18. The molecule has 0 spiro atoms. The van der Waals surface area contributed by atoms with Crippen molar-refractivity contribution in [1.82, 2.24) is 10.6 Å². The van der Waals surface area contributed by atoms with Crippen molar-refractivity contribution in [1.29, 1.82) is 0 Å². The van der Waals surface area contributed by atoms with Gasteiger partial charge in [-0.3, -0.25) is 9.20 Å². The Bertz CT molecular complexity index is 278. The Balaban J connectivity index is 0. The highest BCUT2D eigenvalue weighted by atomic mass is 127. The van der Waals surface area contributed by atoms with E-state index in [1.165, 1.54) is 0 Å². The van der Waals surface area contributed by atoms with Gasteiger partial charge in [0.1, 0.15) is 0 Å². The van der Waals surface area contributed by atoms with Gasteiger partial charge in [-0.25, -0.2) is 0 Å². The van der Waals surface area contributed by atoms with Gasteiger partial charge < -0.3 is 10.6 Å². The predicted octanol–water partition coefficient (Wildman–Crippen LogP) is 2.51. The Morgan fingerprint density at radius 3 is 2.32 bits per heavy atom. The van der Waals surface area contributed by atoms with Crippen LogP contribution < -0.4 is 10.6 Å². The van der Waals surface area contributed by atoms with Gasteiger partial charge in [-0.05, 0) is 34.1 Å². The molecule has 4 nitrogen and oxygen atoms in total. The maximum absolute atomic E-state index is 11.9. The number of rotatable bonds is 7. The van der Waals surface area contributed by atoms with Crippen LogP contribution in [0, 0.1) is 0 Å². The molecule has 0 rings (SSSR count). The molecule has 1 unspecified atom stereocenters. The average Bonchev–Trinajstić information content (AvgIpc) is 2.28. The molecule has 6 heteroatoms. The molecule has 2 N–H and O–H groups in total. The Morgan fingerprint density at radius 1 is 1.21 bits per heavy atom. The summed E-state index contributed by atoms with van der Waals surface area (Å²) in [5.74, 6) is 1.48. The molecule has 0 heterocycles. The standard InChI is InChI=1S/C13H29N3OS.HI/c1-6-8-9-15-12(14-7-2)16-10-11-18(17)13(3,4)5;/h6-11H2,1-5H3,(H2,14,15,16);1H. The van der Waals surface area contributed by atoms with Crippen molar-refractivity contribution in [3.63, 3.8) is 0 Å². The van der Waals surface area contributed by atoms with Gasteiger partial charge in [0.05, 0.1) is 0 Å². The van der Waals surface area contributed by atoms with E-state index in [1.807, 2.05) is 27.7 Å². The fourth-order valence-corrected chi connectivity index (χ4v) is 2.16. The normalized spacial score (nSPS) is 13.6. The summed E-state index contributed by atoms with van der Waals surface area (Å²) in [5.41, 5.74) is 0. The highest BCUT2D eigenvalue weighted by Crippen LogP contribution is 2.10. The number of nitrogens with one attached hydrogen (secondary N) is 2. The lowest BCUT2D eigenvalue weighted by atomic mass is 10.3. The fourth-order valence-electron chi connectivity index (χ4n) is 1.26. The van der Waals surface area contributed by atoms with Crippen LogP contribution in [-0.4, -0.2) is 40.3 Å². The lowest BCUT2D eigenvalue weighted by molar-refractivity contribution is 0.647. The number of aliphatic imine (C=N–C) groups is 1. The van der Waals surface area contributed by atoms with Gasteiger partial charge >= 0.3 is 0 Å². The van der Waals surface area contributed by atoms with Crippen LogP contribution in [0.2, 0.25) is 0 Å². The van der Waals surface area contributed by atoms with E-state index >= 15 is 0 Å². The van der Waals surface area contributed by atoms with E-state index in [-0.39, 0.29) is 28.7 Å². The number of nitrogens with zero attached hydrogens (tertiary/aromatic N) is 1. The molecule has 0 aliphatic carbocycles. The lowest BCUT2D eigenvalue weighted by Crippen LogP contribution is -2.40. The molecule has 0 aromatic carbocycles. The second kappa shape index (κ2) is 11.9. The zero-order chi connectivity index (χ0) is 14.0. The van der Waals surface area contributed by atoms with Gasteiger partial charge in [0.2, 0.25) is 0 Å². The van der Waals surface area contributed by atoms with Crippen LogP contribution in [0.25, 0.3) is 0 Å². The second-order valence-corrected chi connectivity index (χ2v) is 7.53. The molecule has 0 aliphatic rings. The van der Waals surface area contributed by atoms with Crippen LogP contribution in [0.5, 0.6) is 0 Å². The third kappa shape index (κ3) is 11.7. The molecule has 0 amide bonds. The summed E-state index contributed by atoms with van der Waals surface area (Å²) >= 11 is 0. The minimum absolute atomic E-state index is 0. The summed E-state index contributed by atoms with van der Waals surface area (Å²) < 4.78 is 11.7. The molecular formula is C13H30IN3OS. The summed E-state index contributed by atoms with van der Waals surface area (Å²) in [5, 5.41) is 6.42. The van der Waals surface area contributed by atoms with E-state index in [9.17, 15) is 4.21 Å². The molecule has 0 radical (unpaired) electrons. The molecule has 0 aliphatic heterocycles. The van der Waals surface area contributed by atoms with Gasteiger partial charge in [0, 0.05) is 40.9 Å². The number of hydrogen-bond acceptors (Lipinski definition) is 2. The summed E-state index contributed by atoms with van der Waals surface area (Å²) in [6, 6.07) is 0. The van der Waals surface area contributed by atoms with Crippen molar-refractivity contribution in [2.75, 3.05) is 25.4 Å². The first kappa shape index (κ1) is 21.4. The number of hydrogen-bond donors (Lipinski definition) is 2. The van der Waals surface area contributed by atoms with Crippen LogP contribution in [-0.2, 0) is 10.8 Å². The molecule has 0 saturated carbocycles. The van der Waals surface area contributed by atoms with E-state index in [4.69, 9.17) is 0 Å². The topological polar surface area (TPSA) is 53.5 Å². The summed E-state index contributed by atoms with van der Waals surface area (Å²) in [6.45, 7) is 12.6. The summed E-state index contributed by atoms with van der Waals surface area (Å²) in [4.78, 5) is 4.46. The third-order valence-electron chi connectivity index (χ3n) is 2.39. The maximum atomic E-state index is 11.9. The average molecular weight is 403 g/mol. The maximum Gasteiger partial charge on any atom is 0.191 e. The SMILES string of the molecule is CCCCN=C(NCC)NCCS(=O)C(C)(C)C.I. The zero-order valence-corrected chi connectivity index (χ0v) is 16.1. The van der Waals surface area contributed by atoms with E-state index in [2.05, 4.69) is 22.5 Å². The first-order chi connectivity index (χ1) is 8.41. The largest absolute Gasteiger partial charge is 0.357 e. The minimum atomic E-state index is -0.810. The Hall–Kier alpha value is 0.150. The molecule has 1 atom stereocenters. The van der Waals surface area contributed by atoms with E-state index in [1.54, 1.807) is 0 Å². The molecule has 0 fully saturated rings. The highest BCUT2D eigenvalue weighted by molar-refractivity contribution is 14.0. The predicted molar refractivity (Wildman–Crippen MR) is 97.1 cm³/mol. The third-order valence-corrected chi connectivity index (χ3v) is 4.33. The Morgan fingerprint density at radius 2 is 1.84 bits per heavy atom. The van der Waals surface area contributed by atoms with Crippen molar-refractivity contribution in [3.8, 4) is 0 Å². The van der Waals surface area contributed by atoms with Crippen molar-refractivity contribution in [3.05, 3.63) is 0 Å². The van der Waals surface area contributed by atoms with Crippen molar-refractivity contribution < 1.29 is 4.21 Å². The minimum Gasteiger partial charge on any atom is -0.357 e. The van der Waals surface area contributed by atoms with E-state index < -0.39 is 10.8 Å². The highest BCUT2D eigenvalue weighted by Gasteiger charge is 2.18. The molecule has 116 valence electrons. The number of guanidine groups is 1. The van der Waals surface area contributed by atoms with E-state index in [0.29, 0.717) is 12.3 Å². The number of halogens is 1. The van der Waals surface area contributed by atoms with Crippen LogP contribution in [0.4, 0.5) is 0 Å².